The Morgan fingerprint density at radius 1 is 1.83 bits per heavy atom. The number of aromatic nitrogens is 1. The fourth-order valence-electron chi connectivity index (χ4n) is 0.696. The lowest BCUT2D eigenvalue weighted by atomic mass is 10.5. The summed E-state index contributed by atoms with van der Waals surface area (Å²) >= 11 is 1.53. The Kier molecular flexibility index (Phi) is 3.84. The number of hydrogen-bond acceptors (Lipinski definition) is 4. The summed E-state index contributed by atoms with van der Waals surface area (Å²) in [7, 11) is -0.871. The molecule has 1 aromatic heterocycles. The molecule has 0 aliphatic rings. The minimum atomic E-state index is -0.871. The molecule has 3 nitrogen and oxygen atoms in total. The fraction of sp³-hybridized carbons (Fsp3) is 0.571. The van der Waals surface area contributed by atoms with Gasteiger partial charge in [0.1, 0.15) is 5.01 Å². The fourth-order valence-corrected chi connectivity index (χ4v) is 2.53. The highest BCUT2D eigenvalue weighted by molar-refractivity contribution is 7.85. The molecule has 68 valence electrons. The molecule has 0 spiro atoms. The van der Waals surface area contributed by atoms with Crippen LogP contribution < -0.4 is 5.73 Å². The maximum atomic E-state index is 11.4. The van der Waals surface area contributed by atoms with Crippen molar-refractivity contribution in [2.45, 2.75) is 17.9 Å². The van der Waals surface area contributed by atoms with E-state index in [1.807, 2.05) is 12.3 Å². The van der Waals surface area contributed by atoms with Gasteiger partial charge in [-0.05, 0) is 6.92 Å². The SMILES string of the molecule is CC(CN)S(=O)Cc1nccs1. The molecule has 2 unspecified atom stereocenters. The summed E-state index contributed by atoms with van der Waals surface area (Å²) in [6.07, 6.45) is 1.73. The van der Waals surface area contributed by atoms with Gasteiger partial charge in [0.15, 0.2) is 0 Å². The predicted octanol–water partition coefficient (Wildman–Crippen LogP) is 0.739. The largest absolute Gasteiger partial charge is 0.329 e. The lowest BCUT2D eigenvalue weighted by molar-refractivity contribution is 0.672. The van der Waals surface area contributed by atoms with Crippen LogP contribution in [0.2, 0.25) is 0 Å². The van der Waals surface area contributed by atoms with Gasteiger partial charge in [-0.3, -0.25) is 4.21 Å². The minimum absolute atomic E-state index is 0.0638. The van der Waals surface area contributed by atoms with Gasteiger partial charge in [-0.1, -0.05) is 0 Å². The topological polar surface area (TPSA) is 56.0 Å². The third-order valence-electron chi connectivity index (χ3n) is 1.53. The van der Waals surface area contributed by atoms with Crippen LogP contribution in [0.4, 0.5) is 0 Å². The van der Waals surface area contributed by atoms with Gasteiger partial charge in [0, 0.05) is 34.2 Å². The Balaban J connectivity index is 2.47. The quantitative estimate of drug-likeness (QED) is 0.787. The number of rotatable bonds is 4. The van der Waals surface area contributed by atoms with Crippen molar-refractivity contribution < 1.29 is 4.21 Å². The first-order valence-corrected chi connectivity index (χ1v) is 5.96. The molecule has 2 N–H and O–H groups in total. The van der Waals surface area contributed by atoms with Gasteiger partial charge in [0.05, 0.1) is 5.75 Å². The van der Waals surface area contributed by atoms with E-state index < -0.39 is 10.8 Å². The van der Waals surface area contributed by atoms with Crippen molar-refractivity contribution in [3.63, 3.8) is 0 Å². The monoisotopic (exact) mass is 204 g/mol. The van der Waals surface area contributed by atoms with Crippen LogP contribution in [0.3, 0.4) is 0 Å². The van der Waals surface area contributed by atoms with Gasteiger partial charge in [0.25, 0.3) is 0 Å². The van der Waals surface area contributed by atoms with E-state index in [1.165, 1.54) is 11.3 Å². The summed E-state index contributed by atoms with van der Waals surface area (Å²) < 4.78 is 11.4. The van der Waals surface area contributed by atoms with Gasteiger partial charge in [0.2, 0.25) is 0 Å². The smallest absolute Gasteiger partial charge is 0.105 e. The number of hydrogen-bond donors (Lipinski definition) is 1. The van der Waals surface area contributed by atoms with Crippen LogP contribution in [0.25, 0.3) is 0 Å². The van der Waals surface area contributed by atoms with Crippen LogP contribution in [0, 0.1) is 0 Å². The lowest BCUT2D eigenvalue weighted by Gasteiger charge is -2.05. The molecule has 1 rings (SSSR count). The summed E-state index contributed by atoms with van der Waals surface area (Å²) in [5, 5.41) is 2.88. The van der Waals surface area contributed by atoms with Crippen molar-refractivity contribution in [1.82, 2.24) is 4.98 Å². The highest BCUT2D eigenvalue weighted by Crippen LogP contribution is 2.09. The Labute approximate surface area is 78.5 Å². The third-order valence-corrected chi connectivity index (χ3v) is 4.14. The van der Waals surface area contributed by atoms with Crippen molar-refractivity contribution >= 4 is 22.1 Å². The summed E-state index contributed by atoms with van der Waals surface area (Å²) in [5.74, 6) is 0.538. The molecule has 0 radical (unpaired) electrons. The zero-order valence-corrected chi connectivity index (χ0v) is 8.53. The first-order valence-electron chi connectivity index (χ1n) is 3.69. The van der Waals surface area contributed by atoms with Crippen molar-refractivity contribution in [3.8, 4) is 0 Å². The van der Waals surface area contributed by atoms with Gasteiger partial charge in [-0.25, -0.2) is 4.98 Å². The first kappa shape index (κ1) is 9.83. The van der Waals surface area contributed by atoms with Crippen molar-refractivity contribution in [2.24, 2.45) is 5.73 Å². The Bertz CT molecular complexity index is 248. The Morgan fingerprint density at radius 2 is 2.58 bits per heavy atom. The molecule has 0 saturated heterocycles. The summed E-state index contributed by atoms with van der Waals surface area (Å²) in [6.45, 7) is 2.36. The summed E-state index contributed by atoms with van der Waals surface area (Å²) in [6, 6.07) is 0. The Hall–Kier alpha value is -0.260. The molecule has 0 aromatic carbocycles. The van der Waals surface area contributed by atoms with Gasteiger partial charge >= 0.3 is 0 Å². The molecule has 0 fully saturated rings. The van der Waals surface area contributed by atoms with Crippen LogP contribution in [0.15, 0.2) is 11.6 Å². The van der Waals surface area contributed by atoms with Crippen LogP contribution in [0.5, 0.6) is 0 Å². The van der Waals surface area contributed by atoms with E-state index in [4.69, 9.17) is 5.73 Å². The molecule has 0 aliphatic carbocycles. The predicted molar refractivity (Wildman–Crippen MR) is 52.5 cm³/mol. The number of nitrogens with two attached hydrogens (primary N) is 1. The van der Waals surface area contributed by atoms with Gasteiger partial charge < -0.3 is 5.73 Å². The molecule has 0 bridgehead atoms. The van der Waals surface area contributed by atoms with Crippen LogP contribution in [0.1, 0.15) is 11.9 Å². The summed E-state index contributed by atoms with van der Waals surface area (Å²) in [4.78, 5) is 4.06. The van der Waals surface area contributed by atoms with Gasteiger partial charge in [-0.2, -0.15) is 0 Å². The summed E-state index contributed by atoms with van der Waals surface area (Å²) in [5.41, 5.74) is 5.39. The van der Waals surface area contributed by atoms with Crippen molar-refractivity contribution in [1.29, 1.82) is 0 Å². The molecular weight excluding hydrogens is 192 g/mol. The molecule has 1 heterocycles. The Morgan fingerprint density at radius 3 is 3.08 bits per heavy atom. The second-order valence-electron chi connectivity index (χ2n) is 2.50. The minimum Gasteiger partial charge on any atom is -0.329 e. The molecule has 2 atom stereocenters. The van der Waals surface area contributed by atoms with Crippen molar-refractivity contribution in [3.05, 3.63) is 16.6 Å². The number of thiazole rings is 1. The van der Waals surface area contributed by atoms with E-state index in [0.717, 1.165) is 5.01 Å². The highest BCUT2D eigenvalue weighted by atomic mass is 32.2. The molecule has 0 saturated carbocycles. The number of nitrogens with zero attached hydrogens (tertiary/aromatic N) is 1. The second kappa shape index (κ2) is 4.69. The molecule has 1 aromatic rings. The van der Waals surface area contributed by atoms with Gasteiger partial charge in [-0.15, -0.1) is 11.3 Å². The van der Waals surface area contributed by atoms with E-state index in [-0.39, 0.29) is 5.25 Å². The maximum absolute atomic E-state index is 11.4. The molecule has 5 heteroatoms. The van der Waals surface area contributed by atoms with Crippen LogP contribution >= 0.6 is 11.3 Å². The highest BCUT2D eigenvalue weighted by Gasteiger charge is 2.10. The normalized spacial score (nSPS) is 15.8. The van der Waals surface area contributed by atoms with Crippen LogP contribution in [-0.2, 0) is 16.6 Å². The lowest BCUT2D eigenvalue weighted by Crippen LogP contribution is -2.22. The molecular formula is C7H12N2OS2. The maximum Gasteiger partial charge on any atom is 0.105 e. The average molecular weight is 204 g/mol. The second-order valence-corrected chi connectivity index (χ2v) is 5.33. The standard InChI is InChI=1S/C7H12N2OS2/c1-6(4-8)12(10)5-7-9-2-3-11-7/h2-3,6H,4-5,8H2,1H3. The van der Waals surface area contributed by atoms with Crippen LogP contribution in [-0.4, -0.2) is 21.0 Å². The van der Waals surface area contributed by atoms with E-state index in [1.54, 1.807) is 6.20 Å². The third kappa shape index (κ3) is 2.66. The molecule has 0 aliphatic heterocycles. The van der Waals surface area contributed by atoms with E-state index >= 15 is 0 Å². The van der Waals surface area contributed by atoms with E-state index in [2.05, 4.69) is 4.98 Å². The average Bonchev–Trinajstić information content (AvgIpc) is 2.55. The molecule has 12 heavy (non-hydrogen) atoms. The van der Waals surface area contributed by atoms with E-state index in [0.29, 0.717) is 12.3 Å². The first-order chi connectivity index (χ1) is 5.74. The zero-order chi connectivity index (χ0) is 8.97. The molecule has 0 amide bonds. The van der Waals surface area contributed by atoms with Crippen molar-refractivity contribution in [2.75, 3.05) is 6.54 Å². The zero-order valence-electron chi connectivity index (χ0n) is 6.90. The van der Waals surface area contributed by atoms with E-state index in [9.17, 15) is 4.21 Å².